The average molecular weight is 259 g/mol. The minimum Gasteiger partial charge on any atom is -0.487 e. The van der Waals surface area contributed by atoms with Crippen LogP contribution in [0.4, 0.5) is 0 Å². The smallest absolute Gasteiger partial charge is 0.164 e. The van der Waals surface area contributed by atoms with E-state index < -0.39 is 0 Å². The summed E-state index contributed by atoms with van der Waals surface area (Å²) in [7, 11) is 0. The van der Waals surface area contributed by atoms with Crippen molar-refractivity contribution in [3.05, 3.63) is 34.3 Å². The molecule has 1 rings (SSSR count). The average Bonchev–Trinajstić information content (AvgIpc) is 2.04. The molecular formula is C10H11BrOS. The van der Waals surface area contributed by atoms with E-state index in [-0.39, 0.29) is 0 Å². The maximum absolute atomic E-state index is 5.20. The molecule has 0 aromatic heterocycles. The molecule has 0 aliphatic carbocycles. The molecule has 0 atom stereocenters. The number of rotatable bonds is 3. The largest absolute Gasteiger partial charge is 0.487 e. The predicted octanol–water partition coefficient (Wildman–Crippen LogP) is 3.36. The van der Waals surface area contributed by atoms with Gasteiger partial charge in [-0.25, -0.2) is 0 Å². The van der Waals surface area contributed by atoms with E-state index in [0.29, 0.717) is 18.1 Å². The number of hydrogen-bond acceptors (Lipinski definition) is 2. The lowest BCUT2D eigenvalue weighted by Crippen LogP contribution is -2.04. The molecule has 1 aromatic rings. The van der Waals surface area contributed by atoms with Gasteiger partial charge in [0.1, 0.15) is 0 Å². The third kappa shape index (κ3) is 3.87. The topological polar surface area (TPSA) is 9.23 Å². The SMILES string of the molecule is CCOC(=S)Cc1cccc(Br)c1. The highest BCUT2D eigenvalue weighted by Crippen LogP contribution is 2.12. The Morgan fingerprint density at radius 3 is 2.92 bits per heavy atom. The minimum absolute atomic E-state index is 0.646. The number of hydrogen-bond donors (Lipinski definition) is 0. The van der Waals surface area contributed by atoms with Crippen LogP contribution in [-0.4, -0.2) is 11.7 Å². The van der Waals surface area contributed by atoms with Gasteiger partial charge < -0.3 is 4.74 Å². The first-order valence-corrected chi connectivity index (χ1v) is 5.32. The minimum atomic E-state index is 0.646. The van der Waals surface area contributed by atoms with Crippen molar-refractivity contribution >= 4 is 33.2 Å². The molecule has 1 nitrogen and oxygen atoms in total. The van der Waals surface area contributed by atoms with E-state index in [0.717, 1.165) is 4.47 Å². The summed E-state index contributed by atoms with van der Waals surface area (Å²) in [6, 6.07) is 8.07. The molecule has 0 N–H and O–H groups in total. The Bertz CT molecular complexity index is 299. The van der Waals surface area contributed by atoms with E-state index in [1.807, 2.05) is 31.2 Å². The molecular weight excluding hydrogens is 248 g/mol. The molecule has 0 amide bonds. The molecule has 0 spiro atoms. The zero-order valence-electron chi connectivity index (χ0n) is 7.42. The van der Waals surface area contributed by atoms with Crippen molar-refractivity contribution in [1.29, 1.82) is 0 Å². The van der Waals surface area contributed by atoms with Gasteiger partial charge in [0.05, 0.1) is 6.61 Å². The molecule has 3 heteroatoms. The number of halogens is 1. The summed E-state index contributed by atoms with van der Waals surface area (Å²) in [6.07, 6.45) is 0.711. The lowest BCUT2D eigenvalue weighted by Gasteiger charge is -2.04. The number of ether oxygens (including phenoxy) is 1. The van der Waals surface area contributed by atoms with E-state index in [1.54, 1.807) is 0 Å². The highest BCUT2D eigenvalue weighted by atomic mass is 79.9. The second-order valence-corrected chi connectivity index (χ2v) is 3.98. The van der Waals surface area contributed by atoms with Crippen LogP contribution in [-0.2, 0) is 11.2 Å². The van der Waals surface area contributed by atoms with Crippen molar-refractivity contribution in [3.63, 3.8) is 0 Å². The third-order valence-electron chi connectivity index (χ3n) is 1.54. The number of benzene rings is 1. The summed E-state index contributed by atoms with van der Waals surface area (Å²) in [5.74, 6) is 0. The third-order valence-corrected chi connectivity index (χ3v) is 2.30. The first kappa shape index (κ1) is 10.7. The van der Waals surface area contributed by atoms with Crippen molar-refractivity contribution < 1.29 is 4.74 Å². The second-order valence-electron chi connectivity index (χ2n) is 2.61. The van der Waals surface area contributed by atoms with Crippen molar-refractivity contribution in [1.82, 2.24) is 0 Å². The zero-order valence-corrected chi connectivity index (χ0v) is 9.82. The Morgan fingerprint density at radius 2 is 2.31 bits per heavy atom. The monoisotopic (exact) mass is 258 g/mol. The maximum Gasteiger partial charge on any atom is 0.164 e. The molecule has 0 unspecified atom stereocenters. The molecule has 0 radical (unpaired) electrons. The van der Waals surface area contributed by atoms with E-state index in [4.69, 9.17) is 17.0 Å². The highest BCUT2D eigenvalue weighted by Gasteiger charge is 1.99. The van der Waals surface area contributed by atoms with Gasteiger partial charge in [-0.2, -0.15) is 0 Å². The van der Waals surface area contributed by atoms with Gasteiger partial charge in [-0.15, -0.1) is 0 Å². The van der Waals surface area contributed by atoms with Crippen LogP contribution >= 0.6 is 28.1 Å². The Kier molecular flexibility index (Phi) is 4.39. The van der Waals surface area contributed by atoms with E-state index >= 15 is 0 Å². The number of thiocarbonyl (C=S) groups is 1. The van der Waals surface area contributed by atoms with Gasteiger partial charge in [0.15, 0.2) is 5.05 Å². The predicted molar refractivity (Wildman–Crippen MR) is 62.1 cm³/mol. The quantitative estimate of drug-likeness (QED) is 0.770. The van der Waals surface area contributed by atoms with Crippen LogP contribution in [0.1, 0.15) is 12.5 Å². The standard InChI is InChI=1S/C10H11BrOS/c1-2-12-10(13)7-8-4-3-5-9(11)6-8/h3-6H,2,7H2,1H3. The fraction of sp³-hybridized carbons (Fsp3) is 0.300. The Balaban J connectivity index is 2.58. The Labute approximate surface area is 92.2 Å². The van der Waals surface area contributed by atoms with Crippen LogP contribution in [0.15, 0.2) is 28.7 Å². The van der Waals surface area contributed by atoms with Crippen LogP contribution in [0.2, 0.25) is 0 Å². The molecule has 0 saturated carbocycles. The lowest BCUT2D eigenvalue weighted by atomic mass is 10.2. The van der Waals surface area contributed by atoms with Crippen molar-refractivity contribution in [3.8, 4) is 0 Å². The second kappa shape index (κ2) is 5.35. The molecule has 0 aliphatic rings. The van der Waals surface area contributed by atoms with Gasteiger partial charge in [-0.05, 0) is 36.8 Å². The molecule has 0 aliphatic heterocycles. The highest BCUT2D eigenvalue weighted by molar-refractivity contribution is 9.10. The first-order valence-electron chi connectivity index (χ1n) is 4.12. The van der Waals surface area contributed by atoms with Crippen LogP contribution in [0.25, 0.3) is 0 Å². The maximum atomic E-state index is 5.20. The normalized spacial score (nSPS) is 9.69. The van der Waals surface area contributed by atoms with Crippen LogP contribution in [0.5, 0.6) is 0 Å². The van der Waals surface area contributed by atoms with Gasteiger partial charge in [0.2, 0.25) is 0 Å². The van der Waals surface area contributed by atoms with Crippen molar-refractivity contribution in [2.45, 2.75) is 13.3 Å². The summed E-state index contributed by atoms with van der Waals surface area (Å²) in [4.78, 5) is 0. The first-order chi connectivity index (χ1) is 6.22. The van der Waals surface area contributed by atoms with Gasteiger partial charge in [0, 0.05) is 10.9 Å². The fourth-order valence-electron chi connectivity index (χ4n) is 1.03. The van der Waals surface area contributed by atoms with E-state index in [2.05, 4.69) is 15.9 Å². The van der Waals surface area contributed by atoms with Gasteiger partial charge in [-0.1, -0.05) is 28.1 Å². The molecule has 0 heterocycles. The van der Waals surface area contributed by atoms with Crippen molar-refractivity contribution in [2.75, 3.05) is 6.61 Å². The van der Waals surface area contributed by atoms with Crippen LogP contribution in [0, 0.1) is 0 Å². The summed E-state index contributed by atoms with van der Waals surface area (Å²) in [5, 5.41) is 0.653. The van der Waals surface area contributed by atoms with E-state index in [1.165, 1.54) is 5.56 Å². The zero-order chi connectivity index (χ0) is 9.68. The summed E-state index contributed by atoms with van der Waals surface area (Å²) in [6.45, 7) is 2.58. The molecule has 13 heavy (non-hydrogen) atoms. The molecule has 0 saturated heterocycles. The molecule has 0 fully saturated rings. The van der Waals surface area contributed by atoms with Gasteiger partial charge in [-0.3, -0.25) is 0 Å². The Hall–Kier alpha value is -0.410. The van der Waals surface area contributed by atoms with E-state index in [9.17, 15) is 0 Å². The summed E-state index contributed by atoms with van der Waals surface area (Å²) < 4.78 is 6.28. The lowest BCUT2D eigenvalue weighted by molar-refractivity contribution is 0.330. The molecule has 1 aromatic carbocycles. The van der Waals surface area contributed by atoms with Crippen LogP contribution < -0.4 is 0 Å². The molecule has 0 bridgehead atoms. The van der Waals surface area contributed by atoms with Crippen molar-refractivity contribution in [2.24, 2.45) is 0 Å². The van der Waals surface area contributed by atoms with Gasteiger partial charge in [0.25, 0.3) is 0 Å². The van der Waals surface area contributed by atoms with Gasteiger partial charge >= 0.3 is 0 Å². The van der Waals surface area contributed by atoms with Crippen LogP contribution in [0.3, 0.4) is 0 Å². The summed E-state index contributed by atoms with van der Waals surface area (Å²) >= 11 is 8.45. The fourth-order valence-corrected chi connectivity index (χ4v) is 1.76. The Morgan fingerprint density at radius 1 is 1.54 bits per heavy atom. The molecule has 70 valence electrons. The summed E-state index contributed by atoms with van der Waals surface area (Å²) in [5.41, 5.74) is 1.17.